The molecule has 0 saturated carbocycles. The van der Waals surface area contributed by atoms with E-state index in [1.165, 1.54) is 0 Å². The van der Waals surface area contributed by atoms with Crippen molar-refractivity contribution in [3.63, 3.8) is 0 Å². The molecule has 17 heavy (non-hydrogen) atoms. The predicted octanol–water partition coefficient (Wildman–Crippen LogP) is 0.722. The number of hydrogen-bond donors (Lipinski definition) is 4. The molecule has 0 aliphatic rings. The fourth-order valence-corrected chi connectivity index (χ4v) is 1.42. The Kier molecular flexibility index (Phi) is 4.33. The highest BCUT2D eigenvalue weighted by atomic mass is 16.4. The molecule has 0 heterocycles. The van der Waals surface area contributed by atoms with Crippen molar-refractivity contribution in [3.8, 4) is 0 Å². The van der Waals surface area contributed by atoms with Gasteiger partial charge in [0.15, 0.2) is 5.84 Å². The molecule has 92 valence electrons. The fraction of sp³-hybridized carbons (Fsp3) is 0.273. The second-order valence-corrected chi connectivity index (χ2v) is 3.58. The van der Waals surface area contributed by atoms with Crippen LogP contribution in [0.15, 0.2) is 29.4 Å². The minimum absolute atomic E-state index is 0.0944. The van der Waals surface area contributed by atoms with Gasteiger partial charge in [0.05, 0.1) is 6.04 Å². The second kappa shape index (κ2) is 5.74. The van der Waals surface area contributed by atoms with Crippen molar-refractivity contribution in [2.24, 2.45) is 16.6 Å². The van der Waals surface area contributed by atoms with E-state index in [1.807, 2.05) is 6.92 Å². The highest BCUT2D eigenvalue weighted by Crippen LogP contribution is 2.12. The molecule has 1 aromatic rings. The minimum Gasteiger partial charge on any atom is -0.409 e. The first-order valence-electron chi connectivity index (χ1n) is 5.22. The number of rotatable bonds is 5. The Morgan fingerprint density at radius 3 is 2.76 bits per heavy atom. The molecule has 1 unspecified atom stereocenters. The van der Waals surface area contributed by atoms with E-state index >= 15 is 0 Å². The largest absolute Gasteiger partial charge is 0.409 e. The molecule has 1 atom stereocenters. The van der Waals surface area contributed by atoms with Crippen molar-refractivity contribution in [1.29, 1.82) is 0 Å². The van der Waals surface area contributed by atoms with Crippen molar-refractivity contribution in [2.75, 3.05) is 5.32 Å². The molecule has 0 aliphatic carbocycles. The molecule has 6 N–H and O–H groups in total. The quantitative estimate of drug-likeness (QED) is 0.261. The maximum atomic E-state index is 11.0. The van der Waals surface area contributed by atoms with Gasteiger partial charge >= 0.3 is 0 Å². The number of benzene rings is 1. The molecular formula is C11H16N4O2. The summed E-state index contributed by atoms with van der Waals surface area (Å²) in [6, 6.07) is 6.44. The molecule has 0 spiro atoms. The van der Waals surface area contributed by atoms with E-state index in [0.717, 1.165) is 0 Å². The van der Waals surface area contributed by atoms with Gasteiger partial charge in [-0.25, -0.2) is 0 Å². The number of nitrogens with one attached hydrogen (secondary N) is 1. The molecule has 6 nitrogen and oxygen atoms in total. The highest BCUT2D eigenvalue weighted by molar-refractivity contribution is 5.94. The van der Waals surface area contributed by atoms with E-state index in [9.17, 15) is 4.79 Å². The zero-order chi connectivity index (χ0) is 12.8. The van der Waals surface area contributed by atoms with Crippen LogP contribution in [0.1, 0.15) is 23.7 Å². The van der Waals surface area contributed by atoms with Crippen molar-refractivity contribution < 1.29 is 10.0 Å². The molecule has 1 rings (SSSR count). The third kappa shape index (κ3) is 3.37. The van der Waals surface area contributed by atoms with Gasteiger partial charge in [-0.3, -0.25) is 4.79 Å². The van der Waals surface area contributed by atoms with E-state index in [1.54, 1.807) is 24.3 Å². The van der Waals surface area contributed by atoms with E-state index in [0.29, 0.717) is 17.7 Å². The molecule has 0 aromatic heterocycles. The summed E-state index contributed by atoms with van der Waals surface area (Å²) in [5, 5.41) is 14.6. The maximum Gasteiger partial charge on any atom is 0.248 e. The number of nitrogens with zero attached hydrogens (tertiary/aromatic N) is 1. The molecule has 6 heteroatoms. The molecular weight excluding hydrogens is 220 g/mol. The highest BCUT2D eigenvalue weighted by Gasteiger charge is 2.11. The van der Waals surface area contributed by atoms with E-state index in [-0.39, 0.29) is 11.9 Å². The fourth-order valence-electron chi connectivity index (χ4n) is 1.42. The van der Waals surface area contributed by atoms with Gasteiger partial charge in [-0.05, 0) is 24.6 Å². The molecule has 0 fully saturated rings. The first-order chi connectivity index (χ1) is 8.08. The van der Waals surface area contributed by atoms with Gasteiger partial charge in [0.2, 0.25) is 5.91 Å². The van der Waals surface area contributed by atoms with E-state index < -0.39 is 5.91 Å². The third-order valence-corrected chi connectivity index (χ3v) is 2.37. The number of carbonyl (C=O) groups excluding carboxylic acids is 1. The molecule has 0 saturated heterocycles. The number of nitrogens with two attached hydrogens (primary N) is 2. The standard InChI is InChI=1S/C11H16N4O2/c1-2-9(10(12)15-17)14-8-5-3-4-7(6-8)11(13)16/h3-6,9,14,17H,2H2,1H3,(H2,12,15)(H2,13,16). The Balaban J connectivity index is 2.87. The number of oxime groups is 1. The summed E-state index contributed by atoms with van der Waals surface area (Å²) < 4.78 is 0. The number of carbonyl (C=O) groups is 1. The predicted molar refractivity (Wildman–Crippen MR) is 66.1 cm³/mol. The number of amides is 1. The SMILES string of the molecule is CCC(Nc1cccc(C(N)=O)c1)/C(N)=N/O. The van der Waals surface area contributed by atoms with Gasteiger partial charge < -0.3 is 22.0 Å². The second-order valence-electron chi connectivity index (χ2n) is 3.58. The summed E-state index contributed by atoms with van der Waals surface area (Å²) >= 11 is 0. The van der Waals surface area contributed by atoms with Gasteiger partial charge in [0.1, 0.15) is 0 Å². The van der Waals surface area contributed by atoms with Gasteiger partial charge in [-0.2, -0.15) is 0 Å². The third-order valence-electron chi connectivity index (χ3n) is 2.37. The van der Waals surface area contributed by atoms with Crippen molar-refractivity contribution in [2.45, 2.75) is 19.4 Å². The normalized spacial score (nSPS) is 13.1. The van der Waals surface area contributed by atoms with Crippen LogP contribution in [-0.2, 0) is 0 Å². The molecule has 0 bridgehead atoms. The van der Waals surface area contributed by atoms with Gasteiger partial charge in [-0.1, -0.05) is 18.1 Å². The summed E-state index contributed by atoms with van der Waals surface area (Å²) in [5.41, 5.74) is 11.8. The summed E-state index contributed by atoms with van der Waals surface area (Å²) in [6.45, 7) is 1.90. The summed E-state index contributed by atoms with van der Waals surface area (Å²) in [4.78, 5) is 11.0. The van der Waals surface area contributed by atoms with Crippen LogP contribution in [0.3, 0.4) is 0 Å². The minimum atomic E-state index is -0.495. The summed E-state index contributed by atoms with van der Waals surface area (Å²) in [7, 11) is 0. The topological polar surface area (TPSA) is 114 Å². The van der Waals surface area contributed by atoms with Crippen LogP contribution in [0, 0.1) is 0 Å². The lowest BCUT2D eigenvalue weighted by molar-refractivity contribution is 0.100. The summed E-state index contributed by atoms with van der Waals surface area (Å²) in [6.07, 6.45) is 0.649. The lowest BCUT2D eigenvalue weighted by atomic mass is 10.1. The van der Waals surface area contributed by atoms with Crippen LogP contribution >= 0.6 is 0 Å². The first-order valence-corrected chi connectivity index (χ1v) is 5.22. The maximum absolute atomic E-state index is 11.0. The van der Waals surface area contributed by atoms with Crippen LogP contribution < -0.4 is 16.8 Å². The van der Waals surface area contributed by atoms with Gasteiger partial charge in [0, 0.05) is 11.3 Å². The van der Waals surface area contributed by atoms with Crippen LogP contribution in [0.2, 0.25) is 0 Å². The number of anilines is 1. The monoisotopic (exact) mass is 236 g/mol. The van der Waals surface area contributed by atoms with Crippen LogP contribution in [0.5, 0.6) is 0 Å². The average molecular weight is 236 g/mol. The van der Waals surface area contributed by atoms with Crippen LogP contribution in [0.25, 0.3) is 0 Å². The smallest absolute Gasteiger partial charge is 0.248 e. The van der Waals surface area contributed by atoms with Gasteiger partial charge in [-0.15, -0.1) is 0 Å². The van der Waals surface area contributed by atoms with Crippen molar-refractivity contribution in [1.82, 2.24) is 0 Å². The lowest BCUT2D eigenvalue weighted by Crippen LogP contribution is -2.35. The summed E-state index contributed by atoms with van der Waals surface area (Å²) in [5.74, 6) is -0.400. The number of primary amides is 1. The van der Waals surface area contributed by atoms with E-state index in [4.69, 9.17) is 16.7 Å². The van der Waals surface area contributed by atoms with Crippen LogP contribution in [0.4, 0.5) is 5.69 Å². The zero-order valence-electron chi connectivity index (χ0n) is 9.55. The number of amidine groups is 1. The Morgan fingerprint density at radius 1 is 1.53 bits per heavy atom. The Labute approximate surface area is 99.3 Å². The lowest BCUT2D eigenvalue weighted by Gasteiger charge is -2.16. The first kappa shape index (κ1) is 12.8. The van der Waals surface area contributed by atoms with Crippen LogP contribution in [-0.4, -0.2) is 23.0 Å². The molecule has 1 amide bonds. The molecule has 0 radical (unpaired) electrons. The molecule has 1 aromatic carbocycles. The Bertz CT molecular complexity index is 431. The Morgan fingerprint density at radius 2 is 2.24 bits per heavy atom. The number of hydrogen-bond acceptors (Lipinski definition) is 4. The zero-order valence-corrected chi connectivity index (χ0v) is 9.55. The van der Waals surface area contributed by atoms with E-state index in [2.05, 4.69) is 10.5 Å². The van der Waals surface area contributed by atoms with Crippen molar-refractivity contribution in [3.05, 3.63) is 29.8 Å². The average Bonchev–Trinajstić information content (AvgIpc) is 2.35. The molecule has 0 aliphatic heterocycles. The van der Waals surface area contributed by atoms with Gasteiger partial charge in [0.25, 0.3) is 0 Å². The Hall–Kier alpha value is -2.24. The van der Waals surface area contributed by atoms with Crippen molar-refractivity contribution >= 4 is 17.4 Å².